The molecule has 0 fully saturated rings. The van der Waals surface area contributed by atoms with Gasteiger partial charge in [0.1, 0.15) is 0 Å². The van der Waals surface area contributed by atoms with Gasteiger partial charge < -0.3 is 16.4 Å². The zero-order valence-corrected chi connectivity index (χ0v) is 14.5. The normalized spacial score (nSPS) is 11.0. The molecule has 1 atom stereocenters. The third-order valence-corrected chi connectivity index (χ3v) is 3.67. The molecule has 0 saturated carbocycles. The number of hydrogen-bond acceptors (Lipinski definition) is 5. The van der Waals surface area contributed by atoms with Crippen molar-refractivity contribution in [3.05, 3.63) is 18.2 Å². The van der Waals surface area contributed by atoms with Gasteiger partial charge in [0, 0.05) is 25.1 Å². The minimum atomic E-state index is -0.234. The number of hydrogen-bond donors (Lipinski definition) is 3. The Morgan fingerprint density at radius 1 is 1.32 bits per heavy atom. The van der Waals surface area contributed by atoms with E-state index in [2.05, 4.69) is 15.6 Å². The Morgan fingerprint density at radius 3 is 2.59 bits per heavy atom. The van der Waals surface area contributed by atoms with Crippen LogP contribution in [-0.2, 0) is 9.59 Å². The number of aromatic nitrogens is 1. The van der Waals surface area contributed by atoms with Crippen molar-refractivity contribution in [1.82, 2.24) is 4.98 Å². The smallest absolute Gasteiger partial charge is 0.228 e. The Hall–Kier alpha value is -1.41. The molecule has 2 rings (SSSR count). The summed E-state index contributed by atoms with van der Waals surface area (Å²) in [4.78, 5) is 27.0. The Bertz CT molecular complexity index is 663. The van der Waals surface area contributed by atoms with Gasteiger partial charge in [0.25, 0.3) is 0 Å². The predicted molar refractivity (Wildman–Crippen MR) is 95.3 cm³/mol. The number of nitrogens with zero attached hydrogens (tertiary/aromatic N) is 1. The minimum Gasteiger partial charge on any atom is -0.330 e. The van der Waals surface area contributed by atoms with E-state index in [9.17, 15) is 9.59 Å². The molecule has 0 radical (unpaired) electrons. The highest BCUT2D eigenvalue weighted by Crippen LogP contribution is 2.28. The van der Waals surface area contributed by atoms with Crippen molar-refractivity contribution in [2.24, 2.45) is 11.7 Å². The Morgan fingerprint density at radius 2 is 2.00 bits per heavy atom. The second kappa shape index (κ2) is 8.89. The topological polar surface area (TPSA) is 97.1 Å². The van der Waals surface area contributed by atoms with Gasteiger partial charge in [-0.2, -0.15) is 0 Å². The first kappa shape index (κ1) is 20.6. The SMILES string of the molecule is CC(=O)Nc1nc2ccc(NC(=O)C(C)CN)cc2s1.Cl.Cl. The molecule has 0 aliphatic carbocycles. The van der Waals surface area contributed by atoms with Crippen LogP contribution in [0.3, 0.4) is 0 Å². The summed E-state index contributed by atoms with van der Waals surface area (Å²) < 4.78 is 0.895. The highest BCUT2D eigenvalue weighted by molar-refractivity contribution is 7.22. The van der Waals surface area contributed by atoms with E-state index >= 15 is 0 Å². The van der Waals surface area contributed by atoms with Gasteiger partial charge in [-0.25, -0.2) is 4.98 Å². The molecule has 6 nitrogen and oxygen atoms in total. The molecule has 2 aromatic rings. The number of nitrogens with two attached hydrogens (primary N) is 1. The van der Waals surface area contributed by atoms with Crippen LogP contribution in [0, 0.1) is 5.92 Å². The zero-order valence-electron chi connectivity index (χ0n) is 12.1. The fraction of sp³-hybridized carbons (Fsp3) is 0.308. The molecule has 9 heteroatoms. The first-order valence-electron chi connectivity index (χ1n) is 6.18. The maximum Gasteiger partial charge on any atom is 0.228 e. The Labute approximate surface area is 144 Å². The molecule has 4 N–H and O–H groups in total. The second-order valence-corrected chi connectivity index (χ2v) is 5.54. The standard InChI is InChI=1S/C13H16N4O2S.2ClH/c1-7(6-14)12(19)16-9-3-4-10-11(5-9)20-13(17-10)15-8(2)18;;/h3-5,7H,6,14H2,1-2H3,(H,16,19)(H,15,17,18);2*1H. The molecule has 0 saturated heterocycles. The van der Waals surface area contributed by atoms with Crippen molar-refractivity contribution in [1.29, 1.82) is 0 Å². The molecule has 122 valence electrons. The van der Waals surface area contributed by atoms with E-state index in [4.69, 9.17) is 5.73 Å². The van der Waals surface area contributed by atoms with E-state index in [0.717, 1.165) is 10.2 Å². The fourth-order valence-electron chi connectivity index (χ4n) is 1.58. The maximum atomic E-state index is 11.8. The molecule has 22 heavy (non-hydrogen) atoms. The van der Waals surface area contributed by atoms with Crippen LogP contribution in [-0.4, -0.2) is 23.3 Å². The summed E-state index contributed by atoms with van der Waals surface area (Å²) in [5.74, 6) is -0.505. The highest BCUT2D eigenvalue weighted by Gasteiger charge is 2.12. The van der Waals surface area contributed by atoms with Crippen LogP contribution in [0.15, 0.2) is 18.2 Å². The Balaban J connectivity index is 0.00000220. The largest absolute Gasteiger partial charge is 0.330 e. The van der Waals surface area contributed by atoms with Gasteiger partial charge in [0.15, 0.2) is 5.13 Å². The third kappa shape index (κ3) is 5.10. The van der Waals surface area contributed by atoms with E-state index in [1.54, 1.807) is 19.1 Å². The lowest BCUT2D eigenvalue weighted by Gasteiger charge is -2.09. The average Bonchev–Trinajstić information content (AvgIpc) is 2.78. The van der Waals surface area contributed by atoms with Crippen molar-refractivity contribution in [2.75, 3.05) is 17.2 Å². The number of amides is 2. The maximum absolute atomic E-state index is 11.8. The molecule has 2 amide bonds. The van der Waals surface area contributed by atoms with Gasteiger partial charge in [-0.1, -0.05) is 18.3 Å². The van der Waals surface area contributed by atoms with E-state index in [-0.39, 0.29) is 42.5 Å². The van der Waals surface area contributed by atoms with Crippen molar-refractivity contribution >= 4 is 69.0 Å². The van der Waals surface area contributed by atoms with E-state index in [1.807, 2.05) is 6.07 Å². The van der Waals surface area contributed by atoms with Crippen LogP contribution >= 0.6 is 36.2 Å². The molecule has 0 aliphatic rings. The van der Waals surface area contributed by atoms with E-state index < -0.39 is 0 Å². The van der Waals surface area contributed by atoms with Crippen LogP contribution in [0.1, 0.15) is 13.8 Å². The number of fused-ring (bicyclic) bond motifs is 1. The van der Waals surface area contributed by atoms with Crippen LogP contribution in [0.5, 0.6) is 0 Å². The summed E-state index contributed by atoms with van der Waals surface area (Å²) in [6.45, 7) is 3.52. The Kier molecular flexibility index (Phi) is 8.32. The molecule has 1 unspecified atom stereocenters. The van der Waals surface area contributed by atoms with Gasteiger partial charge in [0.05, 0.1) is 10.2 Å². The summed E-state index contributed by atoms with van der Waals surface area (Å²) >= 11 is 1.36. The number of nitrogens with one attached hydrogen (secondary N) is 2. The van der Waals surface area contributed by atoms with Crippen LogP contribution < -0.4 is 16.4 Å². The molecular weight excluding hydrogens is 347 g/mol. The number of benzene rings is 1. The molecule has 1 aromatic heterocycles. The minimum absolute atomic E-state index is 0. The van der Waals surface area contributed by atoms with Crippen molar-refractivity contribution in [3.8, 4) is 0 Å². The quantitative estimate of drug-likeness (QED) is 0.776. The molecule has 1 heterocycles. The van der Waals surface area contributed by atoms with Gasteiger partial charge in [-0.15, -0.1) is 24.8 Å². The molecule has 0 aliphatic heterocycles. The van der Waals surface area contributed by atoms with Gasteiger partial charge >= 0.3 is 0 Å². The lowest BCUT2D eigenvalue weighted by atomic mass is 10.1. The number of anilines is 2. The van der Waals surface area contributed by atoms with E-state index in [0.29, 0.717) is 17.4 Å². The van der Waals surface area contributed by atoms with Crippen LogP contribution in [0.2, 0.25) is 0 Å². The highest BCUT2D eigenvalue weighted by atomic mass is 35.5. The van der Waals surface area contributed by atoms with Gasteiger partial charge in [0.2, 0.25) is 11.8 Å². The van der Waals surface area contributed by atoms with Gasteiger partial charge in [-0.3, -0.25) is 9.59 Å². The molecule has 0 bridgehead atoms. The zero-order chi connectivity index (χ0) is 14.7. The molecule has 0 spiro atoms. The number of carbonyl (C=O) groups excluding carboxylic acids is 2. The number of rotatable bonds is 4. The van der Waals surface area contributed by atoms with Crippen LogP contribution in [0.25, 0.3) is 10.2 Å². The summed E-state index contributed by atoms with van der Waals surface area (Å²) in [6.07, 6.45) is 0. The first-order chi connectivity index (χ1) is 9.49. The van der Waals surface area contributed by atoms with Gasteiger partial charge in [-0.05, 0) is 18.2 Å². The summed E-state index contributed by atoms with van der Waals surface area (Å²) in [5, 5.41) is 6.00. The predicted octanol–water partition coefficient (Wildman–Crippen LogP) is 2.63. The fourth-order valence-corrected chi connectivity index (χ4v) is 2.53. The monoisotopic (exact) mass is 364 g/mol. The van der Waals surface area contributed by atoms with Crippen molar-refractivity contribution in [3.63, 3.8) is 0 Å². The summed E-state index contributed by atoms with van der Waals surface area (Å²) in [5.41, 5.74) is 6.93. The van der Waals surface area contributed by atoms with E-state index in [1.165, 1.54) is 18.3 Å². The average molecular weight is 365 g/mol. The number of carbonyl (C=O) groups is 2. The molecular formula is C13H18Cl2N4O2S. The van der Waals surface area contributed by atoms with Crippen molar-refractivity contribution in [2.45, 2.75) is 13.8 Å². The van der Waals surface area contributed by atoms with Crippen LogP contribution in [0.4, 0.5) is 10.8 Å². The lowest BCUT2D eigenvalue weighted by molar-refractivity contribution is -0.119. The summed E-state index contributed by atoms with van der Waals surface area (Å²) in [6, 6.07) is 5.42. The lowest BCUT2D eigenvalue weighted by Crippen LogP contribution is -2.26. The van der Waals surface area contributed by atoms with Crippen molar-refractivity contribution < 1.29 is 9.59 Å². The molecule has 1 aromatic carbocycles. The second-order valence-electron chi connectivity index (χ2n) is 4.51. The number of halogens is 2. The summed E-state index contributed by atoms with van der Waals surface area (Å²) in [7, 11) is 0. The first-order valence-corrected chi connectivity index (χ1v) is 7.00. The number of thiazole rings is 1. The third-order valence-electron chi connectivity index (χ3n) is 2.74.